The smallest absolute Gasteiger partial charge is 0.353 e. The number of aromatic nitrogens is 1. The van der Waals surface area contributed by atoms with E-state index in [2.05, 4.69) is 4.98 Å². The fourth-order valence-corrected chi connectivity index (χ4v) is 4.43. The van der Waals surface area contributed by atoms with Gasteiger partial charge in [0.1, 0.15) is 11.1 Å². The number of β-lactam (4-membered cyclic amide) rings is 1. The highest BCUT2D eigenvalue weighted by atomic mass is 32.2. The van der Waals surface area contributed by atoms with Gasteiger partial charge in [-0.25, -0.2) is 4.79 Å². The van der Waals surface area contributed by atoms with Crippen molar-refractivity contribution in [2.45, 2.75) is 31.2 Å². The quantitative estimate of drug-likeness (QED) is 0.793. The van der Waals surface area contributed by atoms with Crippen molar-refractivity contribution in [2.24, 2.45) is 5.92 Å². The van der Waals surface area contributed by atoms with Crippen molar-refractivity contribution in [3.63, 3.8) is 0 Å². The summed E-state index contributed by atoms with van der Waals surface area (Å²) in [6.45, 7) is 1.56. The van der Waals surface area contributed by atoms with E-state index in [1.807, 2.05) is 18.2 Å². The molecule has 1 saturated heterocycles. The van der Waals surface area contributed by atoms with Crippen molar-refractivity contribution in [1.29, 1.82) is 0 Å². The van der Waals surface area contributed by atoms with Gasteiger partial charge in [0.15, 0.2) is 0 Å². The molecule has 2 aliphatic rings. The zero-order chi connectivity index (χ0) is 15.9. The molecule has 3 heterocycles. The molecule has 116 valence electrons. The Morgan fingerprint density at radius 3 is 2.82 bits per heavy atom. The van der Waals surface area contributed by atoms with Crippen LogP contribution in [0.3, 0.4) is 0 Å². The van der Waals surface area contributed by atoms with Gasteiger partial charge < -0.3 is 10.2 Å². The van der Waals surface area contributed by atoms with Crippen molar-refractivity contribution in [2.75, 3.05) is 0 Å². The molecule has 0 radical (unpaired) electrons. The maximum absolute atomic E-state index is 12.1. The number of thioether (sulfide) groups is 1. The minimum Gasteiger partial charge on any atom is -0.477 e. The number of aliphatic carboxylic acids is 1. The highest BCUT2D eigenvalue weighted by molar-refractivity contribution is 8.04. The van der Waals surface area contributed by atoms with Crippen molar-refractivity contribution < 1.29 is 19.8 Å². The van der Waals surface area contributed by atoms with E-state index in [0.29, 0.717) is 17.7 Å². The number of nitrogens with zero attached hydrogens (tertiary/aromatic N) is 2. The van der Waals surface area contributed by atoms with Crippen LogP contribution in [-0.4, -0.2) is 43.5 Å². The molecule has 2 aliphatic heterocycles. The lowest BCUT2D eigenvalue weighted by Crippen LogP contribution is -2.60. The SMILES string of the molecule is C[C@@H](O)[C@H]1C(=O)N2C(C(=O)O)=C(CCc3ccccn3)S[C@H]12. The lowest BCUT2D eigenvalue weighted by molar-refractivity contribution is -0.156. The van der Waals surface area contributed by atoms with Crippen LogP contribution < -0.4 is 0 Å². The first-order valence-electron chi connectivity index (χ1n) is 7.05. The summed E-state index contributed by atoms with van der Waals surface area (Å²) in [5.74, 6) is -1.92. The van der Waals surface area contributed by atoms with E-state index in [-0.39, 0.29) is 17.0 Å². The first kappa shape index (κ1) is 15.1. The van der Waals surface area contributed by atoms with Gasteiger partial charge in [0.05, 0.1) is 12.0 Å². The Kier molecular flexibility index (Phi) is 3.92. The number of aliphatic hydroxyl groups excluding tert-OH is 1. The second-order valence-electron chi connectivity index (χ2n) is 5.38. The number of pyridine rings is 1. The van der Waals surface area contributed by atoms with E-state index >= 15 is 0 Å². The van der Waals surface area contributed by atoms with Gasteiger partial charge in [-0.1, -0.05) is 6.07 Å². The fourth-order valence-electron chi connectivity index (χ4n) is 2.82. The summed E-state index contributed by atoms with van der Waals surface area (Å²) in [7, 11) is 0. The molecule has 1 fully saturated rings. The Hall–Kier alpha value is -1.86. The Balaban J connectivity index is 1.78. The number of carboxylic acids is 1. The summed E-state index contributed by atoms with van der Waals surface area (Å²) in [6.07, 6.45) is 2.07. The molecule has 0 saturated carbocycles. The normalized spacial score (nSPS) is 25.0. The molecule has 0 aromatic carbocycles. The van der Waals surface area contributed by atoms with E-state index in [4.69, 9.17) is 0 Å². The minimum absolute atomic E-state index is 0.0628. The molecule has 0 aliphatic carbocycles. The number of amides is 1. The predicted molar refractivity (Wildman–Crippen MR) is 80.6 cm³/mol. The summed E-state index contributed by atoms with van der Waals surface area (Å²) >= 11 is 1.37. The van der Waals surface area contributed by atoms with Gasteiger partial charge >= 0.3 is 5.97 Å². The third-order valence-electron chi connectivity index (χ3n) is 3.91. The molecule has 0 bridgehead atoms. The van der Waals surface area contributed by atoms with Crippen LogP contribution in [0.25, 0.3) is 0 Å². The van der Waals surface area contributed by atoms with Crippen molar-refractivity contribution in [1.82, 2.24) is 9.88 Å². The van der Waals surface area contributed by atoms with Crippen LogP contribution in [0.4, 0.5) is 0 Å². The summed E-state index contributed by atoms with van der Waals surface area (Å²) in [6, 6.07) is 5.60. The van der Waals surface area contributed by atoms with E-state index in [0.717, 1.165) is 5.69 Å². The second-order valence-corrected chi connectivity index (χ2v) is 6.59. The zero-order valence-electron chi connectivity index (χ0n) is 12.0. The largest absolute Gasteiger partial charge is 0.477 e. The maximum atomic E-state index is 12.1. The van der Waals surface area contributed by atoms with Crippen molar-refractivity contribution in [3.05, 3.63) is 40.7 Å². The first-order valence-corrected chi connectivity index (χ1v) is 7.93. The Morgan fingerprint density at radius 2 is 2.23 bits per heavy atom. The van der Waals surface area contributed by atoms with E-state index in [1.165, 1.54) is 16.7 Å². The number of aryl methyl sites for hydroxylation is 1. The van der Waals surface area contributed by atoms with Crippen molar-refractivity contribution >= 4 is 23.6 Å². The number of fused-ring (bicyclic) bond motifs is 1. The zero-order valence-corrected chi connectivity index (χ0v) is 12.8. The number of carbonyl (C=O) groups is 2. The van der Waals surface area contributed by atoms with Crippen LogP contribution in [0.5, 0.6) is 0 Å². The molecule has 1 aromatic rings. The number of carbonyl (C=O) groups excluding carboxylic acids is 1. The average molecular weight is 320 g/mol. The van der Waals surface area contributed by atoms with Gasteiger partial charge in [-0.3, -0.25) is 14.7 Å². The Labute approximate surface area is 131 Å². The lowest BCUT2D eigenvalue weighted by atomic mass is 9.92. The molecule has 7 heteroatoms. The predicted octanol–water partition coefficient (Wildman–Crippen LogP) is 1.22. The van der Waals surface area contributed by atoms with Gasteiger partial charge in [0.25, 0.3) is 0 Å². The number of hydrogen-bond donors (Lipinski definition) is 2. The molecular formula is C15H16N2O4S. The fraction of sp³-hybridized carbons (Fsp3) is 0.400. The maximum Gasteiger partial charge on any atom is 0.353 e. The summed E-state index contributed by atoms with van der Waals surface area (Å²) in [5.41, 5.74) is 0.945. The van der Waals surface area contributed by atoms with Gasteiger partial charge in [0, 0.05) is 16.8 Å². The summed E-state index contributed by atoms with van der Waals surface area (Å²) in [5, 5.41) is 18.8. The minimum atomic E-state index is -1.09. The van der Waals surface area contributed by atoms with Crippen LogP contribution >= 0.6 is 11.8 Å². The standard InChI is InChI=1S/C15H16N2O4S/c1-8(18)11-13(19)17-12(15(20)21)10(22-14(11)17)6-5-9-4-2-3-7-16-9/h2-4,7-8,11,14,18H,5-6H2,1H3,(H,20,21)/t8-,11+,14-/m1/s1. The summed E-state index contributed by atoms with van der Waals surface area (Å²) in [4.78, 5) is 29.8. The number of hydrogen-bond acceptors (Lipinski definition) is 5. The molecule has 0 unspecified atom stereocenters. The molecule has 6 nitrogen and oxygen atoms in total. The van der Waals surface area contributed by atoms with Gasteiger partial charge in [-0.15, -0.1) is 11.8 Å². The molecule has 1 amide bonds. The Bertz CT molecular complexity index is 644. The monoisotopic (exact) mass is 320 g/mol. The van der Waals surface area contributed by atoms with Crippen LogP contribution in [-0.2, 0) is 16.0 Å². The molecule has 0 spiro atoms. The third kappa shape index (κ3) is 2.40. The van der Waals surface area contributed by atoms with E-state index in [1.54, 1.807) is 13.1 Å². The van der Waals surface area contributed by atoms with Gasteiger partial charge in [-0.05, 0) is 31.9 Å². The number of allylic oxidation sites excluding steroid dienone is 1. The molecule has 2 N–H and O–H groups in total. The topological polar surface area (TPSA) is 90.7 Å². The van der Waals surface area contributed by atoms with Crippen LogP contribution in [0.15, 0.2) is 35.0 Å². The van der Waals surface area contributed by atoms with Crippen LogP contribution in [0.1, 0.15) is 19.0 Å². The van der Waals surface area contributed by atoms with E-state index < -0.39 is 18.0 Å². The van der Waals surface area contributed by atoms with Gasteiger partial charge in [0.2, 0.25) is 5.91 Å². The second kappa shape index (κ2) is 5.73. The van der Waals surface area contributed by atoms with Crippen LogP contribution in [0, 0.1) is 5.92 Å². The van der Waals surface area contributed by atoms with Crippen molar-refractivity contribution in [3.8, 4) is 0 Å². The summed E-state index contributed by atoms with van der Waals surface area (Å²) < 4.78 is 0. The number of rotatable bonds is 5. The molecule has 3 rings (SSSR count). The van der Waals surface area contributed by atoms with Crippen LogP contribution in [0.2, 0.25) is 0 Å². The Morgan fingerprint density at radius 1 is 1.45 bits per heavy atom. The average Bonchev–Trinajstić information content (AvgIpc) is 2.80. The highest BCUT2D eigenvalue weighted by Gasteiger charge is 2.57. The van der Waals surface area contributed by atoms with Gasteiger partial charge in [-0.2, -0.15) is 0 Å². The molecule has 3 atom stereocenters. The molecular weight excluding hydrogens is 304 g/mol. The molecule has 22 heavy (non-hydrogen) atoms. The number of carboxylic acid groups (broad SMARTS) is 1. The highest BCUT2D eigenvalue weighted by Crippen LogP contribution is 2.51. The first-order chi connectivity index (χ1) is 10.5. The lowest BCUT2D eigenvalue weighted by Gasteiger charge is -2.43. The number of aliphatic hydroxyl groups is 1. The molecule has 1 aromatic heterocycles. The third-order valence-corrected chi connectivity index (χ3v) is 5.34. The van der Waals surface area contributed by atoms with E-state index in [9.17, 15) is 19.8 Å².